The van der Waals surface area contributed by atoms with Crippen LogP contribution < -0.4 is 10.2 Å². The van der Waals surface area contributed by atoms with Crippen LogP contribution in [0.25, 0.3) is 0 Å². The van der Waals surface area contributed by atoms with Gasteiger partial charge in [0, 0.05) is 19.6 Å². The fourth-order valence-corrected chi connectivity index (χ4v) is 2.62. The largest absolute Gasteiger partial charge is 0.379 e. The van der Waals surface area contributed by atoms with Crippen LogP contribution in [0.4, 0.5) is 11.9 Å². The molecule has 19 heavy (non-hydrogen) atoms. The van der Waals surface area contributed by atoms with Crippen LogP contribution in [0.15, 0.2) is 5.16 Å². The smallest absolute Gasteiger partial charge is 0.231 e. The highest BCUT2D eigenvalue weighted by Gasteiger charge is 2.22. The summed E-state index contributed by atoms with van der Waals surface area (Å²) in [7, 11) is 0. The summed E-state index contributed by atoms with van der Waals surface area (Å²) in [6.45, 7) is 10.4. The minimum atomic E-state index is 0.474. The molecule has 0 unspecified atom stereocenters. The van der Waals surface area contributed by atoms with E-state index in [2.05, 4.69) is 39.0 Å². The fraction of sp³-hybridized carbons (Fsp3) is 0.750. The third kappa shape index (κ3) is 3.70. The van der Waals surface area contributed by atoms with Gasteiger partial charge in [0.15, 0.2) is 5.16 Å². The molecular weight excluding hydrogens is 262 g/mol. The van der Waals surface area contributed by atoms with Crippen molar-refractivity contribution in [3.8, 4) is 0 Å². The molecule has 1 saturated heterocycles. The van der Waals surface area contributed by atoms with Crippen molar-refractivity contribution < 1.29 is 4.74 Å². The Morgan fingerprint density at radius 2 is 1.95 bits per heavy atom. The maximum atomic E-state index is 5.19. The van der Waals surface area contributed by atoms with Gasteiger partial charge in [-0.3, -0.25) is 0 Å². The first-order valence-electron chi connectivity index (χ1n) is 6.76. The lowest BCUT2D eigenvalue weighted by atomic mass is 10.4. The van der Waals surface area contributed by atoms with E-state index < -0.39 is 0 Å². The zero-order valence-corrected chi connectivity index (χ0v) is 12.5. The van der Waals surface area contributed by atoms with Gasteiger partial charge in [0.25, 0.3) is 0 Å². The highest BCUT2D eigenvalue weighted by atomic mass is 32.2. The standard InChI is InChI=1S/C12H21N5OS/c1-4-13-10-14-11(17(5-2)6-3)16-12(15-10)19-9-7-18-8-9/h9H,4-8H2,1-3H3,(H,13,14,15,16). The minimum Gasteiger partial charge on any atom is -0.379 e. The Bertz CT molecular complexity index is 409. The van der Waals surface area contributed by atoms with Gasteiger partial charge in [-0.15, -0.1) is 0 Å². The molecule has 0 atom stereocenters. The summed E-state index contributed by atoms with van der Waals surface area (Å²) in [6, 6.07) is 0. The average molecular weight is 283 g/mol. The highest BCUT2D eigenvalue weighted by molar-refractivity contribution is 7.99. The second-order valence-electron chi connectivity index (χ2n) is 4.22. The molecule has 2 heterocycles. The number of hydrogen-bond acceptors (Lipinski definition) is 7. The van der Waals surface area contributed by atoms with Crippen molar-refractivity contribution in [2.75, 3.05) is 43.1 Å². The van der Waals surface area contributed by atoms with Crippen LogP contribution in [-0.4, -0.2) is 53.0 Å². The molecule has 1 fully saturated rings. The fourth-order valence-electron chi connectivity index (χ4n) is 1.71. The van der Waals surface area contributed by atoms with Crippen molar-refractivity contribution >= 4 is 23.7 Å². The molecule has 0 aromatic carbocycles. The lowest BCUT2D eigenvalue weighted by Gasteiger charge is -2.25. The monoisotopic (exact) mass is 283 g/mol. The van der Waals surface area contributed by atoms with Gasteiger partial charge < -0.3 is 15.0 Å². The number of nitrogens with one attached hydrogen (secondary N) is 1. The molecule has 1 aromatic heterocycles. The summed E-state index contributed by atoms with van der Waals surface area (Å²) in [5, 5.41) is 4.42. The first-order valence-corrected chi connectivity index (χ1v) is 7.64. The third-order valence-corrected chi connectivity index (χ3v) is 3.86. The van der Waals surface area contributed by atoms with Crippen LogP contribution in [0.5, 0.6) is 0 Å². The molecule has 1 aliphatic heterocycles. The third-order valence-electron chi connectivity index (χ3n) is 2.86. The topological polar surface area (TPSA) is 63.2 Å². The number of nitrogens with zero attached hydrogens (tertiary/aromatic N) is 4. The maximum Gasteiger partial charge on any atom is 0.231 e. The van der Waals surface area contributed by atoms with Gasteiger partial charge in [0.2, 0.25) is 11.9 Å². The van der Waals surface area contributed by atoms with Crippen LogP contribution in [-0.2, 0) is 4.74 Å². The normalized spacial score (nSPS) is 15.1. The molecule has 1 N–H and O–H groups in total. The van der Waals surface area contributed by atoms with Crippen LogP contribution in [0.3, 0.4) is 0 Å². The van der Waals surface area contributed by atoms with Gasteiger partial charge in [0.1, 0.15) is 0 Å². The summed E-state index contributed by atoms with van der Waals surface area (Å²) >= 11 is 1.67. The number of rotatable bonds is 7. The minimum absolute atomic E-state index is 0.474. The predicted molar refractivity (Wildman–Crippen MR) is 78.0 cm³/mol. The number of anilines is 2. The summed E-state index contributed by atoms with van der Waals surface area (Å²) in [4.78, 5) is 15.6. The second-order valence-corrected chi connectivity index (χ2v) is 5.49. The molecule has 0 saturated carbocycles. The number of aromatic nitrogens is 3. The van der Waals surface area contributed by atoms with E-state index in [9.17, 15) is 0 Å². The van der Waals surface area contributed by atoms with E-state index in [0.717, 1.165) is 44.0 Å². The van der Waals surface area contributed by atoms with Crippen molar-refractivity contribution in [2.45, 2.75) is 31.2 Å². The molecule has 0 bridgehead atoms. The molecule has 7 heteroatoms. The number of ether oxygens (including phenoxy) is 1. The molecule has 0 amide bonds. The van der Waals surface area contributed by atoms with E-state index in [1.807, 2.05) is 6.92 Å². The zero-order valence-electron chi connectivity index (χ0n) is 11.7. The summed E-state index contributed by atoms with van der Waals surface area (Å²) in [5.74, 6) is 1.40. The molecule has 1 aromatic rings. The number of thioether (sulfide) groups is 1. The SMILES string of the molecule is CCNc1nc(SC2COC2)nc(N(CC)CC)n1. The summed E-state index contributed by atoms with van der Waals surface area (Å²) < 4.78 is 5.19. The van der Waals surface area contributed by atoms with Crippen LogP contribution in [0.1, 0.15) is 20.8 Å². The van der Waals surface area contributed by atoms with Crippen molar-refractivity contribution in [3.63, 3.8) is 0 Å². The lowest BCUT2D eigenvalue weighted by Crippen LogP contribution is -2.30. The molecule has 1 aliphatic rings. The highest BCUT2D eigenvalue weighted by Crippen LogP contribution is 2.26. The quantitative estimate of drug-likeness (QED) is 0.816. The van der Waals surface area contributed by atoms with Gasteiger partial charge >= 0.3 is 0 Å². The molecule has 0 radical (unpaired) electrons. The van der Waals surface area contributed by atoms with E-state index in [0.29, 0.717) is 11.2 Å². The second kappa shape index (κ2) is 6.91. The maximum absolute atomic E-state index is 5.19. The average Bonchev–Trinajstić information content (AvgIpc) is 2.36. The Labute approximate surface area is 118 Å². The van der Waals surface area contributed by atoms with Gasteiger partial charge in [0.05, 0.1) is 18.5 Å². The van der Waals surface area contributed by atoms with Gasteiger partial charge in [-0.2, -0.15) is 15.0 Å². The zero-order chi connectivity index (χ0) is 13.7. The van der Waals surface area contributed by atoms with E-state index in [4.69, 9.17) is 4.74 Å². The Hall–Kier alpha value is -1.08. The lowest BCUT2D eigenvalue weighted by molar-refractivity contribution is 0.0454. The molecular formula is C12H21N5OS. The molecule has 2 rings (SSSR count). The van der Waals surface area contributed by atoms with E-state index in [1.165, 1.54) is 0 Å². The summed E-state index contributed by atoms with van der Waals surface area (Å²) in [6.07, 6.45) is 0. The van der Waals surface area contributed by atoms with Gasteiger partial charge in [-0.05, 0) is 20.8 Å². The Balaban J connectivity index is 2.20. The molecule has 0 aliphatic carbocycles. The Kier molecular flexibility index (Phi) is 5.21. The van der Waals surface area contributed by atoms with Crippen LogP contribution in [0, 0.1) is 0 Å². The first-order chi connectivity index (χ1) is 9.26. The molecule has 6 nitrogen and oxygen atoms in total. The van der Waals surface area contributed by atoms with E-state index in [1.54, 1.807) is 11.8 Å². The predicted octanol–water partition coefficient (Wildman–Crippen LogP) is 1.64. The number of hydrogen-bond donors (Lipinski definition) is 1. The van der Waals surface area contributed by atoms with Gasteiger partial charge in [-0.1, -0.05) is 11.8 Å². The van der Waals surface area contributed by atoms with E-state index in [-0.39, 0.29) is 0 Å². The molecule has 106 valence electrons. The summed E-state index contributed by atoms with van der Waals surface area (Å²) in [5.41, 5.74) is 0. The Morgan fingerprint density at radius 3 is 2.47 bits per heavy atom. The first kappa shape index (κ1) is 14.3. The Morgan fingerprint density at radius 1 is 1.21 bits per heavy atom. The molecule has 0 spiro atoms. The van der Waals surface area contributed by atoms with Crippen molar-refractivity contribution in [2.24, 2.45) is 0 Å². The van der Waals surface area contributed by atoms with Crippen molar-refractivity contribution in [1.29, 1.82) is 0 Å². The van der Waals surface area contributed by atoms with Crippen molar-refractivity contribution in [1.82, 2.24) is 15.0 Å². The van der Waals surface area contributed by atoms with Crippen LogP contribution in [0.2, 0.25) is 0 Å². The van der Waals surface area contributed by atoms with Gasteiger partial charge in [-0.25, -0.2) is 0 Å². The van der Waals surface area contributed by atoms with E-state index >= 15 is 0 Å². The van der Waals surface area contributed by atoms with Crippen LogP contribution >= 0.6 is 11.8 Å². The van der Waals surface area contributed by atoms with Crippen molar-refractivity contribution in [3.05, 3.63) is 0 Å².